The second-order valence-electron chi connectivity index (χ2n) is 10.8. The average Bonchev–Trinajstić information content (AvgIpc) is 3.37. The number of rotatable bonds is 2. The summed E-state index contributed by atoms with van der Waals surface area (Å²) in [6.45, 7) is 3.55. The van der Waals surface area contributed by atoms with Gasteiger partial charge in [-0.2, -0.15) is 0 Å². The van der Waals surface area contributed by atoms with Crippen LogP contribution in [0.15, 0.2) is 48.5 Å². The predicted octanol–water partition coefficient (Wildman–Crippen LogP) is 4.47. The predicted molar refractivity (Wildman–Crippen MR) is 149 cm³/mol. The Labute approximate surface area is 224 Å². The van der Waals surface area contributed by atoms with Crippen molar-refractivity contribution in [1.82, 2.24) is 15.2 Å². The van der Waals surface area contributed by atoms with E-state index in [1.165, 1.54) is 0 Å². The van der Waals surface area contributed by atoms with E-state index < -0.39 is 0 Å². The second-order valence-corrected chi connectivity index (χ2v) is 10.8. The van der Waals surface area contributed by atoms with E-state index in [1.807, 2.05) is 43.3 Å². The fraction of sp³-hybridized carbons (Fsp3) is 0.467. The number of hydrogen-bond donors (Lipinski definition) is 2. The van der Waals surface area contributed by atoms with E-state index in [-0.39, 0.29) is 17.2 Å². The molecule has 1 spiro atoms. The second kappa shape index (κ2) is 11.5. The van der Waals surface area contributed by atoms with Crippen molar-refractivity contribution >= 4 is 28.4 Å². The number of likely N-dealkylation sites (tertiary alicyclic amines) is 1. The summed E-state index contributed by atoms with van der Waals surface area (Å²) in [5.41, 5.74) is 3.19. The minimum atomic E-state index is -0.147. The van der Waals surface area contributed by atoms with E-state index >= 15 is 0 Å². The molecule has 1 saturated heterocycles. The summed E-state index contributed by atoms with van der Waals surface area (Å²) < 4.78 is 12.1. The number of aromatic amines is 1. The monoisotopic (exact) mass is 518 g/mol. The number of carbonyl (C=O) groups excluding carboxylic acids is 2. The lowest BCUT2D eigenvalue weighted by molar-refractivity contribution is 0.0338. The first kappa shape index (κ1) is 26.1. The van der Waals surface area contributed by atoms with Crippen LogP contribution in [0, 0.1) is 5.41 Å². The van der Waals surface area contributed by atoms with Crippen molar-refractivity contribution in [3.63, 3.8) is 0 Å². The minimum Gasteiger partial charge on any atom is -0.492 e. The highest BCUT2D eigenvalue weighted by molar-refractivity contribution is 5.99. The molecule has 202 valence electrons. The number of nitrogens with zero attached hydrogens (tertiary/aromatic N) is 2. The Bertz CT molecular complexity index is 1280. The van der Waals surface area contributed by atoms with Crippen LogP contribution < -0.4 is 15.0 Å². The van der Waals surface area contributed by atoms with Crippen LogP contribution in [0.2, 0.25) is 0 Å². The Kier molecular flexibility index (Phi) is 7.88. The maximum Gasteiger partial charge on any atom is 0.270 e. The highest BCUT2D eigenvalue weighted by atomic mass is 16.5. The van der Waals surface area contributed by atoms with Gasteiger partial charge < -0.3 is 29.6 Å². The standard InChI is InChI=1S/C30H38N4O4/c1-33(2)23-10-9-22-19-26(32-25(22)20-23)29(36)34-15-12-30(13-16-34)11-5-6-17-37-18-14-31-28(35)24-7-3-4-8-27(24)38-21-30/h3-4,7-10,19-20,32H,5-6,11-18,21H2,1-2H3,(H,31,35). The van der Waals surface area contributed by atoms with Crippen LogP contribution in [0.25, 0.3) is 10.9 Å². The molecule has 0 unspecified atom stereocenters. The van der Waals surface area contributed by atoms with E-state index in [0.717, 1.165) is 48.7 Å². The van der Waals surface area contributed by atoms with Gasteiger partial charge in [0.2, 0.25) is 0 Å². The maximum atomic E-state index is 13.4. The van der Waals surface area contributed by atoms with Gasteiger partial charge in [0.05, 0.1) is 18.8 Å². The molecule has 38 heavy (non-hydrogen) atoms. The molecule has 2 aliphatic heterocycles. The van der Waals surface area contributed by atoms with Gasteiger partial charge in [0, 0.05) is 62.3 Å². The van der Waals surface area contributed by atoms with Gasteiger partial charge in [0.1, 0.15) is 11.4 Å². The van der Waals surface area contributed by atoms with Crippen molar-refractivity contribution in [3.05, 3.63) is 59.8 Å². The third-order valence-electron chi connectivity index (χ3n) is 7.91. The molecule has 2 aromatic carbocycles. The Morgan fingerprint density at radius 1 is 1.00 bits per heavy atom. The summed E-state index contributed by atoms with van der Waals surface area (Å²) >= 11 is 0. The van der Waals surface area contributed by atoms with E-state index in [9.17, 15) is 9.59 Å². The molecule has 0 radical (unpaired) electrons. The highest BCUT2D eigenvalue weighted by Crippen LogP contribution is 2.38. The van der Waals surface area contributed by atoms with E-state index in [0.29, 0.717) is 56.5 Å². The molecule has 3 heterocycles. The van der Waals surface area contributed by atoms with Gasteiger partial charge in [0.25, 0.3) is 11.8 Å². The van der Waals surface area contributed by atoms with Gasteiger partial charge in [-0.05, 0) is 56.0 Å². The van der Waals surface area contributed by atoms with Crippen LogP contribution >= 0.6 is 0 Å². The molecule has 8 nitrogen and oxygen atoms in total. The van der Waals surface area contributed by atoms with Gasteiger partial charge in [-0.15, -0.1) is 0 Å². The summed E-state index contributed by atoms with van der Waals surface area (Å²) in [6.07, 6.45) is 4.74. The summed E-state index contributed by atoms with van der Waals surface area (Å²) in [6, 6.07) is 15.6. The van der Waals surface area contributed by atoms with Crippen LogP contribution in [-0.2, 0) is 4.74 Å². The lowest BCUT2D eigenvalue weighted by Crippen LogP contribution is -2.45. The number of nitrogens with one attached hydrogen (secondary N) is 2. The number of piperidine rings is 1. The maximum absolute atomic E-state index is 13.4. The van der Waals surface area contributed by atoms with Crippen LogP contribution in [0.3, 0.4) is 0 Å². The fourth-order valence-electron chi connectivity index (χ4n) is 5.48. The molecular weight excluding hydrogens is 480 g/mol. The van der Waals surface area contributed by atoms with Crippen molar-refractivity contribution in [2.75, 3.05) is 58.5 Å². The molecule has 0 aliphatic carbocycles. The van der Waals surface area contributed by atoms with E-state index in [4.69, 9.17) is 9.47 Å². The zero-order chi connectivity index (χ0) is 26.5. The molecule has 2 aliphatic rings. The Morgan fingerprint density at radius 3 is 2.63 bits per heavy atom. The van der Waals surface area contributed by atoms with Crippen LogP contribution in [0.4, 0.5) is 5.69 Å². The molecule has 3 aromatic rings. The van der Waals surface area contributed by atoms with Crippen molar-refractivity contribution in [2.24, 2.45) is 5.41 Å². The lowest BCUT2D eigenvalue weighted by atomic mass is 9.75. The van der Waals surface area contributed by atoms with Crippen LogP contribution in [0.5, 0.6) is 5.75 Å². The van der Waals surface area contributed by atoms with Gasteiger partial charge in [-0.25, -0.2) is 0 Å². The first-order chi connectivity index (χ1) is 18.4. The van der Waals surface area contributed by atoms with Crippen LogP contribution in [0.1, 0.15) is 53.0 Å². The number of amides is 2. The van der Waals surface area contributed by atoms with Crippen molar-refractivity contribution in [3.8, 4) is 5.75 Å². The molecule has 0 atom stereocenters. The number of benzene rings is 2. The molecule has 1 aromatic heterocycles. The summed E-state index contributed by atoms with van der Waals surface area (Å²) in [5, 5.41) is 3.96. The van der Waals surface area contributed by atoms with Crippen molar-refractivity contribution < 1.29 is 19.1 Å². The molecule has 2 amide bonds. The third-order valence-corrected chi connectivity index (χ3v) is 7.91. The summed E-state index contributed by atoms with van der Waals surface area (Å²) in [4.78, 5) is 33.5. The molecular formula is C30H38N4O4. The van der Waals surface area contributed by atoms with Gasteiger partial charge >= 0.3 is 0 Å². The largest absolute Gasteiger partial charge is 0.492 e. The Hall–Kier alpha value is -3.52. The molecule has 5 rings (SSSR count). The van der Waals surface area contributed by atoms with Crippen molar-refractivity contribution in [2.45, 2.75) is 32.1 Å². The molecule has 8 heteroatoms. The van der Waals surface area contributed by atoms with Gasteiger partial charge in [-0.3, -0.25) is 9.59 Å². The van der Waals surface area contributed by atoms with Gasteiger partial charge in [0.15, 0.2) is 0 Å². The molecule has 1 fully saturated rings. The van der Waals surface area contributed by atoms with E-state index in [2.05, 4.69) is 33.4 Å². The van der Waals surface area contributed by atoms with Gasteiger partial charge in [-0.1, -0.05) is 24.6 Å². The quantitative estimate of drug-likeness (QED) is 0.523. The molecule has 0 saturated carbocycles. The zero-order valence-corrected chi connectivity index (χ0v) is 22.4. The highest BCUT2D eigenvalue weighted by Gasteiger charge is 2.37. The SMILES string of the molecule is CN(C)c1ccc2cc(C(=O)N3CCC4(CCCCOCCNC(=O)c5ccccc5OC4)CC3)[nH]c2c1. The zero-order valence-electron chi connectivity index (χ0n) is 22.4. The summed E-state index contributed by atoms with van der Waals surface area (Å²) in [7, 11) is 4.02. The number of ether oxygens (including phenoxy) is 2. The number of aromatic nitrogens is 1. The summed E-state index contributed by atoms with van der Waals surface area (Å²) in [5.74, 6) is 0.502. The number of hydrogen-bond acceptors (Lipinski definition) is 5. The lowest BCUT2D eigenvalue weighted by Gasteiger charge is -2.42. The first-order valence-electron chi connectivity index (χ1n) is 13.6. The number of para-hydroxylation sites is 1. The van der Waals surface area contributed by atoms with E-state index in [1.54, 1.807) is 6.07 Å². The Morgan fingerprint density at radius 2 is 1.82 bits per heavy atom. The number of anilines is 1. The fourth-order valence-corrected chi connectivity index (χ4v) is 5.48. The number of carbonyl (C=O) groups is 2. The molecule has 0 bridgehead atoms. The Balaban J connectivity index is 1.29. The number of fused-ring (bicyclic) bond motifs is 2. The topological polar surface area (TPSA) is 86.9 Å². The number of H-pyrrole nitrogens is 1. The first-order valence-corrected chi connectivity index (χ1v) is 13.6. The third kappa shape index (κ3) is 5.80. The van der Waals surface area contributed by atoms with Crippen molar-refractivity contribution in [1.29, 1.82) is 0 Å². The normalized spacial score (nSPS) is 18.8. The molecule has 2 N–H and O–H groups in total. The minimum absolute atomic E-state index is 0.0414. The smallest absolute Gasteiger partial charge is 0.270 e. The average molecular weight is 519 g/mol. The van der Waals surface area contributed by atoms with Crippen LogP contribution in [-0.4, -0.2) is 75.2 Å².